The molecule has 0 saturated carbocycles. The summed E-state index contributed by atoms with van der Waals surface area (Å²) in [5, 5.41) is 1.44. The fraction of sp³-hybridized carbons (Fsp3) is 0.143. The van der Waals surface area contributed by atoms with Crippen LogP contribution in [0.25, 0.3) is 0 Å². The summed E-state index contributed by atoms with van der Waals surface area (Å²) in [7, 11) is 0. The molecule has 0 unspecified atom stereocenters. The molecule has 2 aromatic rings. The molecule has 0 aromatic heterocycles. The lowest BCUT2D eigenvalue weighted by Crippen LogP contribution is -1.90. The normalized spacial score (nSPS) is 10.6. The Kier molecular flexibility index (Phi) is 4.44. The van der Waals surface area contributed by atoms with Gasteiger partial charge in [-0.2, -0.15) is 0 Å². The van der Waals surface area contributed by atoms with Crippen LogP contribution >= 0.6 is 35.0 Å². The molecule has 0 saturated heterocycles. The molecule has 0 amide bonds. The van der Waals surface area contributed by atoms with Gasteiger partial charge in [0.05, 0.1) is 0 Å². The minimum absolute atomic E-state index is 0.701. The lowest BCUT2D eigenvalue weighted by molar-refractivity contribution is 1.34. The molecule has 0 fully saturated rings. The Morgan fingerprint density at radius 2 is 1.89 bits per heavy atom. The Hall–Kier alpha value is -0.830. The van der Waals surface area contributed by atoms with Crippen molar-refractivity contribution in [3.05, 3.63) is 57.6 Å². The standard InChI is InChI=1S/C14H13Cl2NS/c1-9-2-5-13(17)14(6-9)18-8-10-7-11(15)3-4-12(10)16/h2-7H,8,17H2,1H3. The van der Waals surface area contributed by atoms with Crippen LogP contribution in [0.3, 0.4) is 0 Å². The van der Waals surface area contributed by atoms with E-state index < -0.39 is 0 Å². The summed E-state index contributed by atoms with van der Waals surface area (Å²) in [6, 6.07) is 11.5. The zero-order valence-electron chi connectivity index (χ0n) is 9.91. The highest BCUT2D eigenvalue weighted by Crippen LogP contribution is 2.32. The van der Waals surface area contributed by atoms with E-state index in [-0.39, 0.29) is 0 Å². The molecule has 0 bridgehead atoms. The highest BCUT2D eigenvalue weighted by molar-refractivity contribution is 7.98. The van der Waals surface area contributed by atoms with Crippen molar-refractivity contribution in [2.75, 3.05) is 5.73 Å². The maximum atomic E-state index is 6.13. The number of halogens is 2. The van der Waals surface area contributed by atoms with Gasteiger partial charge in [0.1, 0.15) is 0 Å². The number of thioether (sulfide) groups is 1. The predicted octanol–water partition coefficient (Wildman–Crippen LogP) is 5.18. The molecule has 4 heteroatoms. The third-order valence-corrected chi connectivity index (χ3v) is 4.28. The van der Waals surface area contributed by atoms with Crippen molar-refractivity contribution in [1.82, 2.24) is 0 Å². The monoisotopic (exact) mass is 297 g/mol. The molecule has 0 aliphatic heterocycles. The molecule has 0 atom stereocenters. The van der Waals surface area contributed by atoms with Gasteiger partial charge in [-0.1, -0.05) is 29.3 Å². The maximum absolute atomic E-state index is 6.13. The number of nitrogens with two attached hydrogens (primary N) is 1. The lowest BCUT2D eigenvalue weighted by Gasteiger charge is -2.08. The third kappa shape index (κ3) is 3.35. The van der Waals surface area contributed by atoms with Crippen molar-refractivity contribution < 1.29 is 0 Å². The average Bonchev–Trinajstić information content (AvgIpc) is 2.34. The largest absolute Gasteiger partial charge is 0.398 e. The summed E-state index contributed by atoms with van der Waals surface area (Å²) in [5.74, 6) is 0.757. The van der Waals surface area contributed by atoms with Gasteiger partial charge < -0.3 is 5.73 Å². The predicted molar refractivity (Wildman–Crippen MR) is 81.6 cm³/mol. The zero-order valence-corrected chi connectivity index (χ0v) is 12.2. The number of nitrogen functional groups attached to an aromatic ring is 1. The van der Waals surface area contributed by atoms with Gasteiger partial charge in [-0.15, -0.1) is 11.8 Å². The first-order valence-corrected chi connectivity index (χ1v) is 7.23. The molecule has 0 aliphatic carbocycles. The van der Waals surface area contributed by atoms with Gasteiger partial charge in [0, 0.05) is 26.4 Å². The van der Waals surface area contributed by atoms with Crippen LogP contribution in [0.5, 0.6) is 0 Å². The Labute approximate surface area is 121 Å². The van der Waals surface area contributed by atoms with Crippen molar-refractivity contribution >= 4 is 40.7 Å². The van der Waals surface area contributed by atoms with Gasteiger partial charge in [0.25, 0.3) is 0 Å². The summed E-state index contributed by atoms with van der Waals surface area (Å²) < 4.78 is 0. The minimum Gasteiger partial charge on any atom is -0.398 e. The SMILES string of the molecule is Cc1ccc(N)c(SCc2cc(Cl)ccc2Cl)c1. The molecule has 94 valence electrons. The van der Waals surface area contributed by atoms with E-state index in [9.17, 15) is 0 Å². The lowest BCUT2D eigenvalue weighted by atomic mass is 10.2. The minimum atomic E-state index is 0.701. The molecule has 0 heterocycles. The van der Waals surface area contributed by atoms with Crippen LogP contribution in [-0.2, 0) is 5.75 Å². The Balaban J connectivity index is 2.16. The first-order chi connectivity index (χ1) is 8.56. The van der Waals surface area contributed by atoms with Crippen LogP contribution < -0.4 is 5.73 Å². The summed E-state index contributed by atoms with van der Waals surface area (Å²) in [6.07, 6.45) is 0. The van der Waals surface area contributed by atoms with E-state index >= 15 is 0 Å². The summed E-state index contributed by atoms with van der Waals surface area (Å²) >= 11 is 13.8. The molecule has 0 radical (unpaired) electrons. The molecule has 2 rings (SSSR count). The van der Waals surface area contributed by atoms with Crippen molar-refractivity contribution in [3.8, 4) is 0 Å². The average molecular weight is 298 g/mol. The van der Waals surface area contributed by atoms with E-state index in [1.165, 1.54) is 5.56 Å². The van der Waals surface area contributed by atoms with Crippen molar-refractivity contribution in [2.24, 2.45) is 0 Å². The van der Waals surface area contributed by atoms with E-state index in [2.05, 4.69) is 13.0 Å². The van der Waals surface area contributed by atoms with Crippen LogP contribution in [-0.4, -0.2) is 0 Å². The number of hydrogen-bond acceptors (Lipinski definition) is 2. The fourth-order valence-electron chi connectivity index (χ4n) is 1.58. The summed E-state index contributed by atoms with van der Waals surface area (Å²) in [5.41, 5.74) is 8.96. The van der Waals surface area contributed by atoms with Crippen molar-refractivity contribution in [1.29, 1.82) is 0 Å². The highest BCUT2D eigenvalue weighted by atomic mass is 35.5. The van der Waals surface area contributed by atoms with Gasteiger partial charge in [-0.25, -0.2) is 0 Å². The van der Waals surface area contributed by atoms with E-state index in [0.717, 1.165) is 26.9 Å². The van der Waals surface area contributed by atoms with Crippen LogP contribution in [0.1, 0.15) is 11.1 Å². The summed E-state index contributed by atoms with van der Waals surface area (Å²) in [4.78, 5) is 1.08. The van der Waals surface area contributed by atoms with E-state index in [0.29, 0.717) is 5.02 Å². The molecule has 18 heavy (non-hydrogen) atoms. The van der Waals surface area contributed by atoms with Crippen LogP contribution in [0.15, 0.2) is 41.3 Å². The summed E-state index contributed by atoms with van der Waals surface area (Å²) in [6.45, 7) is 2.05. The van der Waals surface area contributed by atoms with Crippen LogP contribution in [0, 0.1) is 6.92 Å². The Morgan fingerprint density at radius 3 is 2.67 bits per heavy atom. The van der Waals surface area contributed by atoms with Gasteiger partial charge in [-0.3, -0.25) is 0 Å². The first-order valence-electron chi connectivity index (χ1n) is 5.49. The molecule has 0 spiro atoms. The smallest absolute Gasteiger partial charge is 0.0452 e. The van der Waals surface area contributed by atoms with Gasteiger partial charge in [0.2, 0.25) is 0 Å². The molecule has 2 N–H and O–H groups in total. The number of hydrogen-bond donors (Lipinski definition) is 1. The quantitative estimate of drug-likeness (QED) is 0.624. The zero-order chi connectivity index (χ0) is 13.1. The van der Waals surface area contributed by atoms with Crippen LogP contribution in [0.2, 0.25) is 10.0 Å². The third-order valence-electron chi connectivity index (χ3n) is 2.56. The highest BCUT2D eigenvalue weighted by Gasteiger charge is 2.05. The topological polar surface area (TPSA) is 26.0 Å². The Bertz CT molecular complexity index is 518. The van der Waals surface area contributed by atoms with E-state index in [1.54, 1.807) is 17.8 Å². The van der Waals surface area contributed by atoms with Crippen molar-refractivity contribution in [3.63, 3.8) is 0 Å². The van der Waals surface area contributed by atoms with Gasteiger partial charge >= 0.3 is 0 Å². The maximum Gasteiger partial charge on any atom is 0.0452 e. The molecule has 0 aliphatic rings. The van der Waals surface area contributed by atoms with Crippen molar-refractivity contribution in [2.45, 2.75) is 17.6 Å². The molecule has 2 aromatic carbocycles. The molecule has 1 nitrogen and oxygen atoms in total. The number of aryl methyl sites for hydroxylation is 1. The van der Waals surface area contributed by atoms with E-state index in [1.807, 2.05) is 24.3 Å². The molecular weight excluding hydrogens is 285 g/mol. The second kappa shape index (κ2) is 5.87. The fourth-order valence-corrected chi connectivity index (χ4v) is 3.09. The van der Waals surface area contributed by atoms with E-state index in [4.69, 9.17) is 28.9 Å². The number of anilines is 1. The number of rotatable bonds is 3. The molecular formula is C14H13Cl2NS. The Morgan fingerprint density at radius 1 is 1.11 bits per heavy atom. The van der Waals surface area contributed by atoms with Crippen LogP contribution in [0.4, 0.5) is 5.69 Å². The first kappa shape index (κ1) is 13.6. The number of benzene rings is 2. The van der Waals surface area contributed by atoms with Gasteiger partial charge in [0.15, 0.2) is 0 Å². The second-order valence-corrected chi connectivity index (χ2v) is 5.93. The van der Waals surface area contributed by atoms with Gasteiger partial charge in [-0.05, 0) is 48.4 Å². The second-order valence-electron chi connectivity index (χ2n) is 4.07.